The normalized spacial score (nSPS) is 15.2. The van der Waals surface area contributed by atoms with Gasteiger partial charge in [-0.2, -0.15) is 0 Å². The van der Waals surface area contributed by atoms with Crippen molar-refractivity contribution < 1.29 is 9.15 Å². The molecule has 1 atom stereocenters. The number of aryl methyl sites for hydroxylation is 2. The third-order valence-electron chi connectivity index (χ3n) is 4.56. The molecule has 1 aromatic carbocycles. The molecule has 0 saturated heterocycles. The molecule has 0 aliphatic heterocycles. The Kier molecular flexibility index (Phi) is 5.76. The molecule has 3 rings (SSSR count). The number of nitrogens with one attached hydrogen (secondary N) is 1. The molecule has 0 saturated carbocycles. The van der Waals surface area contributed by atoms with Crippen molar-refractivity contribution in [2.45, 2.75) is 39.0 Å². The Bertz CT molecular complexity index is 592. The minimum atomic E-state index is 0.414. The lowest BCUT2D eigenvalue weighted by Gasteiger charge is -2.19. The van der Waals surface area contributed by atoms with Crippen molar-refractivity contribution in [1.29, 1.82) is 0 Å². The standard InChI is InChI=1S/C20H27NO2/c1-2-21-14-16(12-19-8-5-11-22-19)15-23-20-10-9-17-6-3-4-7-18(17)13-20/h5,8-11,13,16,21H,2-4,6-7,12,14-15H2,1H3. The first-order chi connectivity index (χ1) is 11.3. The first-order valence-corrected chi connectivity index (χ1v) is 8.83. The van der Waals surface area contributed by atoms with E-state index >= 15 is 0 Å². The van der Waals surface area contributed by atoms with Crippen molar-refractivity contribution in [3.05, 3.63) is 53.5 Å². The largest absolute Gasteiger partial charge is 0.493 e. The zero-order valence-corrected chi connectivity index (χ0v) is 14.0. The highest BCUT2D eigenvalue weighted by molar-refractivity contribution is 5.37. The molecule has 124 valence electrons. The Hall–Kier alpha value is -1.74. The van der Waals surface area contributed by atoms with E-state index in [-0.39, 0.29) is 0 Å². The fraction of sp³-hybridized carbons (Fsp3) is 0.500. The lowest BCUT2D eigenvalue weighted by Crippen LogP contribution is -2.28. The Labute approximate surface area is 139 Å². The van der Waals surface area contributed by atoms with Gasteiger partial charge in [-0.15, -0.1) is 0 Å². The van der Waals surface area contributed by atoms with E-state index in [4.69, 9.17) is 9.15 Å². The number of fused-ring (bicyclic) bond motifs is 1. The van der Waals surface area contributed by atoms with Crippen molar-refractivity contribution in [3.8, 4) is 5.75 Å². The zero-order valence-electron chi connectivity index (χ0n) is 14.0. The average molecular weight is 313 g/mol. The summed E-state index contributed by atoms with van der Waals surface area (Å²) in [6.07, 6.45) is 7.69. The number of hydrogen-bond acceptors (Lipinski definition) is 3. The van der Waals surface area contributed by atoms with E-state index in [1.807, 2.05) is 12.1 Å². The summed E-state index contributed by atoms with van der Waals surface area (Å²) in [6, 6.07) is 10.6. The molecule has 1 heterocycles. The number of rotatable bonds is 8. The van der Waals surface area contributed by atoms with Gasteiger partial charge < -0.3 is 14.5 Å². The summed E-state index contributed by atoms with van der Waals surface area (Å²) in [5.41, 5.74) is 2.98. The van der Waals surface area contributed by atoms with E-state index in [0.29, 0.717) is 12.5 Å². The summed E-state index contributed by atoms with van der Waals surface area (Å²) in [6.45, 7) is 4.77. The molecular formula is C20H27NO2. The van der Waals surface area contributed by atoms with E-state index < -0.39 is 0 Å². The fourth-order valence-electron chi connectivity index (χ4n) is 3.27. The van der Waals surface area contributed by atoms with Gasteiger partial charge in [0.1, 0.15) is 11.5 Å². The van der Waals surface area contributed by atoms with Crippen molar-refractivity contribution in [2.75, 3.05) is 19.7 Å². The summed E-state index contributed by atoms with van der Waals surface area (Å²) >= 11 is 0. The van der Waals surface area contributed by atoms with Gasteiger partial charge in [-0.05, 0) is 67.6 Å². The summed E-state index contributed by atoms with van der Waals surface area (Å²) in [4.78, 5) is 0. The van der Waals surface area contributed by atoms with Crippen LogP contribution in [0.1, 0.15) is 36.7 Å². The van der Waals surface area contributed by atoms with Crippen LogP contribution in [0.3, 0.4) is 0 Å². The lowest BCUT2D eigenvalue weighted by molar-refractivity contribution is 0.237. The number of benzene rings is 1. The monoisotopic (exact) mass is 313 g/mol. The molecule has 3 heteroatoms. The minimum Gasteiger partial charge on any atom is -0.493 e. The summed E-state index contributed by atoms with van der Waals surface area (Å²) in [5, 5.41) is 3.43. The third-order valence-corrected chi connectivity index (χ3v) is 4.56. The maximum atomic E-state index is 6.10. The van der Waals surface area contributed by atoms with Crippen LogP contribution < -0.4 is 10.1 Å². The molecule has 0 spiro atoms. The van der Waals surface area contributed by atoms with Crippen molar-refractivity contribution in [1.82, 2.24) is 5.32 Å². The Morgan fingerprint density at radius 2 is 2.04 bits per heavy atom. The highest BCUT2D eigenvalue weighted by atomic mass is 16.5. The summed E-state index contributed by atoms with van der Waals surface area (Å²) < 4.78 is 11.6. The van der Waals surface area contributed by atoms with Crippen LogP contribution in [0.5, 0.6) is 5.75 Å². The van der Waals surface area contributed by atoms with Crippen molar-refractivity contribution in [3.63, 3.8) is 0 Å². The SMILES string of the molecule is CCNCC(COc1ccc2c(c1)CCCC2)Cc1ccco1. The fourth-order valence-corrected chi connectivity index (χ4v) is 3.27. The maximum Gasteiger partial charge on any atom is 0.119 e. The second-order valence-corrected chi connectivity index (χ2v) is 6.41. The first-order valence-electron chi connectivity index (χ1n) is 8.83. The number of furan rings is 1. The van der Waals surface area contributed by atoms with Crippen LogP contribution in [0, 0.1) is 5.92 Å². The van der Waals surface area contributed by atoms with Crippen LogP contribution in [0.2, 0.25) is 0 Å². The predicted molar refractivity (Wildman–Crippen MR) is 93.0 cm³/mol. The Morgan fingerprint density at radius 3 is 2.83 bits per heavy atom. The van der Waals surface area contributed by atoms with E-state index in [1.54, 1.807) is 6.26 Å². The number of hydrogen-bond donors (Lipinski definition) is 1. The van der Waals surface area contributed by atoms with E-state index in [1.165, 1.54) is 36.8 Å². The van der Waals surface area contributed by atoms with Gasteiger partial charge in [0.25, 0.3) is 0 Å². The molecule has 1 aliphatic carbocycles. The van der Waals surface area contributed by atoms with Crippen LogP contribution in [-0.4, -0.2) is 19.7 Å². The first kappa shape index (κ1) is 16.1. The Balaban J connectivity index is 1.58. The minimum absolute atomic E-state index is 0.414. The molecule has 1 N–H and O–H groups in total. The zero-order chi connectivity index (χ0) is 15.9. The second kappa shape index (κ2) is 8.21. The van der Waals surface area contributed by atoms with Gasteiger partial charge in [-0.1, -0.05) is 13.0 Å². The maximum absolute atomic E-state index is 6.10. The summed E-state index contributed by atoms with van der Waals surface area (Å²) in [5.74, 6) is 2.45. The highest BCUT2D eigenvalue weighted by Crippen LogP contribution is 2.25. The molecule has 23 heavy (non-hydrogen) atoms. The molecule has 0 fully saturated rings. The molecular weight excluding hydrogens is 286 g/mol. The molecule has 0 amide bonds. The van der Waals surface area contributed by atoms with E-state index in [9.17, 15) is 0 Å². The molecule has 1 aliphatic rings. The van der Waals surface area contributed by atoms with Gasteiger partial charge in [-0.25, -0.2) is 0 Å². The van der Waals surface area contributed by atoms with E-state index in [2.05, 4.69) is 30.4 Å². The molecule has 1 aromatic heterocycles. The Morgan fingerprint density at radius 1 is 1.17 bits per heavy atom. The van der Waals surface area contributed by atoms with Crippen LogP contribution in [0.4, 0.5) is 0 Å². The molecule has 2 aromatic rings. The van der Waals surface area contributed by atoms with Gasteiger partial charge in [0.15, 0.2) is 0 Å². The average Bonchev–Trinajstić information content (AvgIpc) is 3.10. The van der Waals surface area contributed by atoms with E-state index in [0.717, 1.165) is 31.0 Å². The van der Waals surface area contributed by atoms with Gasteiger partial charge in [0.2, 0.25) is 0 Å². The smallest absolute Gasteiger partial charge is 0.119 e. The third kappa shape index (κ3) is 4.61. The van der Waals surface area contributed by atoms with Gasteiger partial charge in [-0.3, -0.25) is 0 Å². The highest BCUT2D eigenvalue weighted by Gasteiger charge is 2.14. The number of ether oxygens (including phenoxy) is 1. The van der Waals surface area contributed by atoms with Crippen LogP contribution in [0.15, 0.2) is 41.0 Å². The molecule has 1 unspecified atom stereocenters. The topological polar surface area (TPSA) is 34.4 Å². The lowest BCUT2D eigenvalue weighted by atomic mass is 9.92. The van der Waals surface area contributed by atoms with Crippen LogP contribution in [-0.2, 0) is 19.3 Å². The van der Waals surface area contributed by atoms with Crippen molar-refractivity contribution in [2.24, 2.45) is 5.92 Å². The molecule has 3 nitrogen and oxygen atoms in total. The van der Waals surface area contributed by atoms with Crippen LogP contribution in [0.25, 0.3) is 0 Å². The molecule has 0 bridgehead atoms. The molecule has 0 radical (unpaired) electrons. The summed E-state index contributed by atoms with van der Waals surface area (Å²) in [7, 11) is 0. The quantitative estimate of drug-likeness (QED) is 0.800. The van der Waals surface area contributed by atoms with Gasteiger partial charge in [0, 0.05) is 18.9 Å². The van der Waals surface area contributed by atoms with Gasteiger partial charge in [0.05, 0.1) is 12.9 Å². The second-order valence-electron chi connectivity index (χ2n) is 6.41. The predicted octanol–water partition coefficient (Wildman–Crippen LogP) is 4.01. The van der Waals surface area contributed by atoms with Crippen molar-refractivity contribution >= 4 is 0 Å². The van der Waals surface area contributed by atoms with Gasteiger partial charge >= 0.3 is 0 Å². The van der Waals surface area contributed by atoms with Crippen LogP contribution >= 0.6 is 0 Å².